The van der Waals surface area contributed by atoms with E-state index in [9.17, 15) is 0 Å². The summed E-state index contributed by atoms with van der Waals surface area (Å²) in [6.45, 7) is 3.21. The first-order chi connectivity index (χ1) is 9.89. The molecule has 0 aromatic carbocycles. The Labute approximate surface area is 123 Å². The Balaban J connectivity index is 1.79. The van der Waals surface area contributed by atoms with Crippen LogP contribution >= 0.6 is 11.3 Å². The van der Waals surface area contributed by atoms with Crippen molar-refractivity contribution in [3.05, 3.63) is 17.8 Å². The molecule has 1 spiro atoms. The zero-order valence-corrected chi connectivity index (χ0v) is 12.5. The number of rotatable bonds is 1. The van der Waals surface area contributed by atoms with Gasteiger partial charge in [-0.1, -0.05) is 19.3 Å². The number of nitrogens with one attached hydrogen (secondary N) is 1. The average Bonchev–Trinajstić information content (AvgIpc) is 2.97. The number of anilines is 1. The van der Waals surface area contributed by atoms with Gasteiger partial charge in [0.05, 0.1) is 15.8 Å². The van der Waals surface area contributed by atoms with Gasteiger partial charge < -0.3 is 10.2 Å². The van der Waals surface area contributed by atoms with E-state index in [2.05, 4.69) is 31.6 Å². The van der Waals surface area contributed by atoms with Gasteiger partial charge in [0.15, 0.2) is 5.82 Å². The number of aromatic nitrogens is 2. The van der Waals surface area contributed by atoms with Crippen LogP contribution in [0.5, 0.6) is 0 Å². The van der Waals surface area contributed by atoms with E-state index in [1.54, 1.807) is 17.7 Å². The van der Waals surface area contributed by atoms with Gasteiger partial charge in [0.25, 0.3) is 0 Å². The van der Waals surface area contributed by atoms with Crippen LogP contribution in [-0.2, 0) is 0 Å². The SMILES string of the molecule is c1nc(N2CCNCC23CCCCC3)c2sccc2n1. The predicted octanol–water partition coefficient (Wildman–Crippen LogP) is 2.80. The molecule has 1 aliphatic heterocycles. The Kier molecular flexibility index (Phi) is 3.11. The molecule has 0 unspecified atom stereocenters. The fourth-order valence-electron chi connectivity index (χ4n) is 3.80. The van der Waals surface area contributed by atoms with Gasteiger partial charge >= 0.3 is 0 Å². The fourth-order valence-corrected chi connectivity index (χ4v) is 4.64. The van der Waals surface area contributed by atoms with E-state index < -0.39 is 0 Å². The molecule has 0 amide bonds. The summed E-state index contributed by atoms with van der Waals surface area (Å²) in [5, 5.41) is 5.73. The third-order valence-corrected chi connectivity index (χ3v) is 5.70. The molecule has 1 saturated heterocycles. The normalized spacial score (nSPS) is 22.5. The van der Waals surface area contributed by atoms with E-state index >= 15 is 0 Å². The molecular weight excluding hydrogens is 268 g/mol. The van der Waals surface area contributed by atoms with Gasteiger partial charge in [-0.25, -0.2) is 9.97 Å². The van der Waals surface area contributed by atoms with Crippen LogP contribution < -0.4 is 10.2 Å². The van der Waals surface area contributed by atoms with Crippen molar-refractivity contribution in [3.8, 4) is 0 Å². The largest absolute Gasteiger partial charge is 0.347 e. The minimum atomic E-state index is 0.280. The standard InChI is InChI=1S/C15H20N4S/c1-2-5-15(6-3-1)10-16-7-8-19(15)14-13-12(4-9-20-13)17-11-18-14/h4,9,11,16H,1-3,5-8,10H2. The molecule has 20 heavy (non-hydrogen) atoms. The molecule has 2 aliphatic rings. The van der Waals surface area contributed by atoms with Gasteiger partial charge in [0.1, 0.15) is 6.33 Å². The monoisotopic (exact) mass is 288 g/mol. The maximum Gasteiger partial charge on any atom is 0.150 e. The van der Waals surface area contributed by atoms with Crippen molar-refractivity contribution in [1.29, 1.82) is 0 Å². The Morgan fingerprint density at radius 1 is 1.20 bits per heavy atom. The molecular formula is C15H20N4S. The molecule has 2 aromatic heterocycles. The van der Waals surface area contributed by atoms with Crippen LogP contribution in [0.25, 0.3) is 10.2 Å². The lowest BCUT2D eigenvalue weighted by molar-refractivity contribution is 0.240. The lowest BCUT2D eigenvalue weighted by atomic mass is 9.79. The summed E-state index contributed by atoms with van der Waals surface area (Å²) in [5.41, 5.74) is 1.37. The maximum absolute atomic E-state index is 4.65. The summed E-state index contributed by atoms with van der Waals surface area (Å²) in [5.74, 6) is 1.16. The highest BCUT2D eigenvalue weighted by Crippen LogP contribution is 2.39. The number of thiophene rings is 1. The molecule has 0 bridgehead atoms. The topological polar surface area (TPSA) is 41.1 Å². The zero-order chi connectivity index (χ0) is 13.4. The second-order valence-electron chi connectivity index (χ2n) is 5.95. The first-order valence-corrected chi connectivity index (χ1v) is 8.44. The molecule has 0 atom stereocenters. The Hall–Kier alpha value is -1.20. The molecule has 1 saturated carbocycles. The minimum absolute atomic E-state index is 0.280. The number of piperazine rings is 1. The summed E-state index contributed by atoms with van der Waals surface area (Å²) in [6, 6.07) is 2.10. The molecule has 4 rings (SSSR count). The number of fused-ring (bicyclic) bond motifs is 1. The Bertz CT molecular complexity index is 594. The summed E-state index contributed by atoms with van der Waals surface area (Å²) < 4.78 is 1.25. The van der Waals surface area contributed by atoms with Crippen LogP contribution in [0.1, 0.15) is 32.1 Å². The second-order valence-corrected chi connectivity index (χ2v) is 6.86. The third kappa shape index (κ3) is 1.91. The molecule has 0 radical (unpaired) electrons. The highest BCUT2D eigenvalue weighted by atomic mass is 32.1. The van der Waals surface area contributed by atoms with Crippen molar-refractivity contribution in [2.45, 2.75) is 37.6 Å². The summed E-state index contributed by atoms with van der Waals surface area (Å²) >= 11 is 1.77. The molecule has 3 heterocycles. The molecule has 2 aromatic rings. The smallest absolute Gasteiger partial charge is 0.150 e. The molecule has 106 valence electrons. The molecule has 2 fully saturated rings. The number of hydrogen-bond donors (Lipinski definition) is 1. The highest BCUT2D eigenvalue weighted by molar-refractivity contribution is 7.17. The van der Waals surface area contributed by atoms with E-state index in [-0.39, 0.29) is 5.54 Å². The van der Waals surface area contributed by atoms with Crippen molar-refractivity contribution in [2.75, 3.05) is 24.5 Å². The first kappa shape index (κ1) is 12.5. The molecule has 5 heteroatoms. The van der Waals surface area contributed by atoms with Crippen molar-refractivity contribution in [1.82, 2.24) is 15.3 Å². The summed E-state index contributed by atoms with van der Waals surface area (Å²) in [4.78, 5) is 11.6. The predicted molar refractivity (Wildman–Crippen MR) is 83.4 cm³/mol. The van der Waals surface area contributed by atoms with E-state index in [0.717, 1.165) is 31.0 Å². The quantitative estimate of drug-likeness (QED) is 0.876. The Morgan fingerprint density at radius 2 is 2.10 bits per heavy atom. The minimum Gasteiger partial charge on any atom is -0.347 e. The fraction of sp³-hybridized carbons (Fsp3) is 0.600. The second kappa shape index (κ2) is 4.97. The van der Waals surface area contributed by atoms with Gasteiger partial charge in [-0.05, 0) is 24.3 Å². The molecule has 1 aliphatic carbocycles. The maximum atomic E-state index is 4.65. The van der Waals surface area contributed by atoms with Gasteiger partial charge in [0, 0.05) is 19.6 Å². The third-order valence-electron chi connectivity index (χ3n) is 4.80. The van der Waals surface area contributed by atoms with Crippen LogP contribution in [0.2, 0.25) is 0 Å². The molecule has 4 nitrogen and oxygen atoms in total. The number of nitrogens with zero attached hydrogens (tertiary/aromatic N) is 3. The lowest BCUT2D eigenvalue weighted by Crippen LogP contribution is -2.62. The average molecular weight is 288 g/mol. The van der Waals surface area contributed by atoms with E-state index in [0.29, 0.717) is 0 Å². The molecule has 1 N–H and O–H groups in total. The van der Waals surface area contributed by atoms with Crippen molar-refractivity contribution < 1.29 is 0 Å². The first-order valence-electron chi connectivity index (χ1n) is 7.56. The van der Waals surface area contributed by atoms with Crippen LogP contribution in [0, 0.1) is 0 Å². The van der Waals surface area contributed by atoms with E-state index in [4.69, 9.17) is 0 Å². The summed E-state index contributed by atoms with van der Waals surface area (Å²) in [7, 11) is 0. The lowest BCUT2D eigenvalue weighted by Gasteiger charge is -2.50. The zero-order valence-electron chi connectivity index (χ0n) is 11.6. The van der Waals surface area contributed by atoms with Gasteiger partial charge in [-0.2, -0.15) is 0 Å². The van der Waals surface area contributed by atoms with Crippen LogP contribution in [0.15, 0.2) is 17.8 Å². The van der Waals surface area contributed by atoms with Gasteiger partial charge in [-0.3, -0.25) is 0 Å². The van der Waals surface area contributed by atoms with Crippen molar-refractivity contribution in [3.63, 3.8) is 0 Å². The van der Waals surface area contributed by atoms with Gasteiger partial charge in [-0.15, -0.1) is 11.3 Å². The summed E-state index contributed by atoms with van der Waals surface area (Å²) in [6.07, 6.45) is 8.37. The van der Waals surface area contributed by atoms with Crippen molar-refractivity contribution >= 4 is 27.4 Å². The van der Waals surface area contributed by atoms with Crippen LogP contribution in [0.3, 0.4) is 0 Å². The Morgan fingerprint density at radius 3 is 3.00 bits per heavy atom. The van der Waals surface area contributed by atoms with Gasteiger partial charge in [0.2, 0.25) is 0 Å². The number of hydrogen-bond acceptors (Lipinski definition) is 5. The van der Waals surface area contributed by atoms with Crippen LogP contribution in [-0.4, -0.2) is 35.1 Å². The van der Waals surface area contributed by atoms with Crippen molar-refractivity contribution in [2.24, 2.45) is 0 Å². The van der Waals surface area contributed by atoms with E-state index in [1.807, 2.05) is 0 Å². The van der Waals surface area contributed by atoms with Crippen LogP contribution in [0.4, 0.5) is 5.82 Å². The van der Waals surface area contributed by atoms with E-state index in [1.165, 1.54) is 36.8 Å². The highest BCUT2D eigenvalue weighted by Gasteiger charge is 2.41.